The van der Waals surface area contributed by atoms with Gasteiger partial charge in [0.05, 0.1) is 11.2 Å². The average Bonchev–Trinajstić information content (AvgIpc) is 3.25. The molecule has 0 radical (unpaired) electrons. The van der Waals surface area contributed by atoms with Crippen LogP contribution in [0.2, 0.25) is 0 Å². The molecular weight excluding hydrogens is 454 g/mol. The van der Waals surface area contributed by atoms with E-state index in [2.05, 4.69) is 10.3 Å². The number of carbonyl (C=O) groups is 3. The van der Waals surface area contributed by atoms with Gasteiger partial charge in [0.1, 0.15) is 12.6 Å². The van der Waals surface area contributed by atoms with Gasteiger partial charge in [0.25, 0.3) is 0 Å². The van der Waals surface area contributed by atoms with Gasteiger partial charge in [-0.25, -0.2) is 9.69 Å². The summed E-state index contributed by atoms with van der Waals surface area (Å²) in [4.78, 5) is 45.3. The molecule has 3 aromatic carbocycles. The summed E-state index contributed by atoms with van der Waals surface area (Å²) in [5.41, 5.74) is 3.80. The van der Waals surface area contributed by atoms with Crippen LogP contribution in [-0.4, -0.2) is 33.8 Å². The summed E-state index contributed by atoms with van der Waals surface area (Å²) in [6.45, 7) is 1.97. The molecule has 0 unspecified atom stereocenters. The molecule has 180 valence electrons. The molecule has 1 aromatic heterocycles. The lowest BCUT2D eigenvalue weighted by atomic mass is 9.90. The Morgan fingerprint density at radius 3 is 2.50 bits per heavy atom. The molecule has 36 heavy (non-hydrogen) atoms. The van der Waals surface area contributed by atoms with Crippen molar-refractivity contribution in [1.29, 1.82) is 0 Å². The number of imide groups is 1. The fourth-order valence-corrected chi connectivity index (χ4v) is 4.56. The van der Waals surface area contributed by atoms with Crippen molar-refractivity contribution in [2.75, 3.05) is 5.32 Å². The number of anilines is 1. The molecule has 7 heteroatoms. The van der Waals surface area contributed by atoms with Crippen molar-refractivity contribution >= 4 is 34.5 Å². The first kappa shape index (κ1) is 23.2. The highest BCUT2D eigenvalue weighted by molar-refractivity contribution is 6.08. The van der Waals surface area contributed by atoms with Gasteiger partial charge in [0.15, 0.2) is 0 Å². The first-order chi connectivity index (χ1) is 17.5. The number of carbonyl (C=O) groups excluding carboxylic acids is 3. The van der Waals surface area contributed by atoms with Crippen LogP contribution < -0.4 is 5.32 Å². The van der Waals surface area contributed by atoms with Crippen LogP contribution in [0.1, 0.15) is 29.0 Å². The molecule has 1 saturated heterocycles. The largest absolute Gasteiger partial charge is 0.444 e. The van der Waals surface area contributed by atoms with E-state index >= 15 is 0 Å². The van der Waals surface area contributed by atoms with Crippen LogP contribution in [0, 0.1) is 6.92 Å². The van der Waals surface area contributed by atoms with Gasteiger partial charge in [-0.2, -0.15) is 0 Å². The van der Waals surface area contributed by atoms with Crippen molar-refractivity contribution in [1.82, 2.24) is 9.88 Å². The van der Waals surface area contributed by atoms with E-state index in [1.54, 1.807) is 12.3 Å². The van der Waals surface area contributed by atoms with Gasteiger partial charge in [-0.05, 0) is 30.2 Å². The predicted molar refractivity (Wildman–Crippen MR) is 136 cm³/mol. The summed E-state index contributed by atoms with van der Waals surface area (Å²) in [5.74, 6) is -1.43. The standard InChI is InChI=1S/C29H25N3O4/c1-19-12-14-21(15-13-19)23-17-25(33)32(29(35)36-18-20-7-3-2-4-8-20)27(23)28(34)31-24-11-5-9-22-10-6-16-30-26(22)24/h2-16,23,27H,17-18H2,1H3,(H,31,34)/t23-,27-/m0/s1. The Hall–Kier alpha value is -4.52. The van der Waals surface area contributed by atoms with E-state index in [4.69, 9.17) is 4.74 Å². The van der Waals surface area contributed by atoms with Gasteiger partial charge in [0, 0.05) is 23.9 Å². The van der Waals surface area contributed by atoms with Crippen LogP contribution in [0.15, 0.2) is 91.1 Å². The van der Waals surface area contributed by atoms with E-state index in [1.165, 1.54) is 0 Å². The smallest absolute Gasteiger partial charge is 0.417 e. The molecule has 5 rings (SSSR count). The van der Waals surface area contributed by atoms with Crippen LogP contribution in [0.3, 0.4) is 0 Å². The zero-order valence-electron chi connectivity index (χ0n) is 19.8. The second-order valence-electron chi connectivity index (χ2n) is 8.84. The average molecular weight is 480 g/mol. The normalized spacial score (nSPS) is 17.2. The first-order valence-electron chi connectivity index (χ1n) is 11.7. The number of fused-ring (bicyclic) bond motifs is 1. The number of benzene rings is 3. The first-order valence-corrected chi connectivity index (χ1v) is 11.7. The minimum absolute atomic E-state index is 0.000232. The third kappa shape index (κ3) is 4.68. The maximum atomic E-state index is 13.7. The lowest BCUT2D eigenvalue weighted by Gasteiger charge is -2.26. The van der Waals surface area contributed by atoms with E-state index in [9.17, 15) is 14.4 Å². The van der Waals surface area contributed by atoms with E-state index in [0.29, 0.717) is 11.2 Å². The molecule has 1 fully saturated rings. The predicted octanol–water partition coefficient (Wildman–Crippen LogP) is 5.20. The summed E-state index contributed by atoms with van der Waals surface area (Å²) in [6.07, 6.45) is 0.837. The summed E-state index contributed by atoms with van der Waals surface area (Å²) in [6, 6.07) is 25.0. The van der Waals surface area contributed by atoms with Gasteiger partial charge in [-0.1, -0.05) is 78.4 Å². The molecule has 0 spiro atoms. The molecule has 7 nitrogen and oxygen atoms in total. The van der Waals surface area contributed by atoms with Gasteiger partial charge >= 0.3 is 6.09 Å². The number of hydrogen-bond donors (Lipinski definition) is 1. The minimum atomic E-state index is -1.07. The van der Waals surface area contributed by atoms with Crippen molar-refractivity contribution in [3.05, 3.63) is 108 Å². The fourth-order valence-electron chi connectivity index (χ4n) is 4.56. The van der Waals surface area contributed by atoms with Crippen LogP contribution in [0.5, 0.6) is 0 Å². The Morgan fingerprint density at radius 1 is 0.972 bits per heavy atom. The van der Waals surface area contributed by atoms with Crippen LogP contribution >= 0.6 is 0 Å². The molecule has 1 N–H and O–H groups in total. The quantitative estimate of drug-likeness (QED) is 0.425. The fraction of sp³-hybridized carbons (Fsp3) is 0.172. The zero-order chi connectivity index (χ0) is 25.1. The number of pyridine rings is 1. The van der Waals surface area contributed by atoms with Crippen molar-refractivity contribution < 1.29 is 19.1 Å². The second-order valence-corrected chi connectivity index (χ2v) is 8.84. The lowest BCUT2D eigenvalue weighted by molar-refractivity contribution is -0.131. The molecule has 4 aromatic rings. The maximum absolute atomic E-state index is 13.7. The molecule has 3 amide bonds. The Morgan fingerprint density at radius 2 is 1.72 bits per heavy atom. The van der Waals surface area contributed by atoms with E-state index in [1.807, 2.05) is 85.8 Å². The topological polar surface area (TPSA) is 88.6 Å². The van der Waals surface area contributed by atoms with Crippen LogP contribution in [0.25, 0.3) is 10.9 Å². The maximum Gasteiger partial charge on any atom is 0.417 e. The number of hydrogen-bond acceptors (Lipinski definition) is 5. The number of aryl methyl sites for hydroxylation is 1. The molecule has 0 aliphatic carbocycles. The Kier molecular flexibility index (Phi) is 6.45. The highest BCUT2D eigenvalue weighted by Gasteiger charge is 2.49. The van der Waals surface area contributed by atoms with Crippen molar-refractivity contribution in [3.63, 3.8) is 0 Å². The third-order valence-corrected chi connectivity index (χ3v) is 6.39. The Bertz CT molecular complexity index is 1410. The van der Waals surface area contributed by atoms with Gasteiger partial charge < -0.3 is 10.1 Å². The SMILES string of the molecule is Cc1ccc([C@@H]2CC(=O)N(C(=O)OCc3ccccc3)[C@@H]2C(=O)Nc2cccc3cccnc23)cc1. The Labute approximate surface area is 208 Å². The zero-order valence-corrected chi connectivity index (χ0v) is 19.8. The van der Waals surface area contributed by atoms with E-state index in [-0.39, 0.29) is 13.0 Å². The minimum Gasteiger partial charge on any atom is -0.444 e. The van der Waals surface area contributed by atoms with Crippen molar-refractivity contribution in [3.8, 4) is 0 Å². The number of ether oxygens (including phenoxy) is 1. The summed E-state index contributed by atoms with van der Waals surface area (Å²) >= 11 is 0. The summed E-state index contributed by atoms with van der Waals surface area (Å²) in [5, 5.41) is 3.78. The summed E-state index contributed by atoms with van der Waals surface area (Å²) < 4.78 is 5.46. The van der Waals surface area contributed by atoms with Crippen molar-refractivity contribution in [2.45, 2.75) is 31.9 Å². The number of nitrogens with zero attached hydrogens (tertiary/aromatic N) is 2. The second kappa shape index (κ2) is 10.00. The number of para-hydroxylation sites is 1. The highest BCUT2D eigenvalue weighted by atomic mass is 16.6. The van der Waals surface area contributed by atoms with Gasteiger partial charge in [-0.3, -0.25) is 14.6 Å². The van der Waals surface area contributed by atoms with Crippen LogP contribution in [0.4, 0.5) is 10.5 Å². The third-order valence-electron chi connectivity index (χ3n) is 6.39. The molecule has 0 saturated carbocycles. The van der Waals surface area contributed by atoms with Gasteiger partial charge in [-0.15, -0.1) is 0 Å². The molecule has 2 atom stereocenters. The van der Waals surface area contributed by atoms with Crippen LogP contribution in [-0.2, 0) is 20.9 Å². The molecule has 1 aliphatic heterocycles. The molecule has 1 aliphatic rings. The van der Waals surface area contributed by atoms with E-state index < -0.39 is 29.9 Å². The number of likely N-dealkylation sites (tertiary alicyclic amines) is 1. The summed E-state index contributed by atoms with van der Waals surface area (Å²) in [7, 11) is 0. The number of rotatable bonds is 5. The molecule has 2 heterocycles. The van der Waals surface area contributed by atoms with Gasteiger partial charge in [0.2, 0.25) is 11.8 Å². The number of nitrogens with one attached hydrogen (secondary N) is 1. The van der Waals surface area contributed by atoms with E-state index in [0.717, 1.165) is 27.0 Å². The Balaban J connectivity index is 1.46. The number of amides is 3. The monoisotopic (exact) mass is 479 g/mol. The molecular formula is C29H25N3O4. The lowest BCUT2D eigenvalue weighted by Crippen LogP contribution is -2.47. The number of aromatic nitrogens is 1. The highest BCUT2D eigenvalue weighted by Crippen LogP contribution is 2.36. The van der Waals surface area contributed by atoms with Crippen molar-refractivity contribution in [2.24, 2.45) is 0 Å². The molecule has 0 bridgehead atoms.